The highest BCUT2D eigenvalue weighted by molar-refractivity contribution is 5.98. The van der Waals surface area contributed by atoms with Gasteiger partial charge in [0.2, 0.25) is 0 Å². The van der Waals surface area contributed by atoms with Crippen molar-refractivity contribution in [2.45, 2.75) is 19.4 Å². The van der Waals surface area contributed by atoms with E-state index in [1.165, 1.54) is 10.5 Å². The normalized spacial score (nSPS) is 16.6. The lowest BCUT2D eigenvalue weighted by Gasteiger charge is -2.33. The van der Waals surface area contributed by atoms with Gasteiger partial charge in [-0.05, 0) is 23.6 Å². The fourth-order valence-electron chi connectivity index (χ4n) is 3.15. The van der Waals surface area contributed by atoms with E-state index < -0.39 is 22.5 Å². The third-order valence-electron chi connectivity index (χ3n) is 4.74. The molecule has 2 aromatic carbocycles. The molecule has 0 saturated carbocycles. The van der Waals surface area contributed by atoms with Gasteiger partial charge in [-0.1, -0.05) is 31.2 Å². The first-order chi connectivity index (χ1) is 13.4. The molecule has 0 aromatic heterocycles. The zero-order valence-electron chi connectivity index (χ0n) is 15.3. The zero-order valence-corrected chi connectivity index (χ0v) is 15.3. The number of benzene rings is 2. The molecule has 2 aromatic rings. The minimum absolute atomic E-state index is 0.0198. The largest absolute Gasteiger partial charge is 0.478 e. The fraction of sp³-hybridized carbons (Fsp3) is 0.300. The predicted molar refractivity (Wildman–Crippen MR) is 100 cm³/mol. The van der Waals surface area contributed by atoms with Crippen molar-refractivity contribution >= 4 is 17.6 Å². The van der Waals surface area contributed by atoms with Gasteiger partial charge in [-0.3, -0.25) is 14.9 Å². The molecule has 0 bridgehead atoms. The molecule has 8 heteroatoms. The number of nitro groups is 1. The summed E-state index contributed by atoms with van der Waals surface area (Å²) in [5.74, 6) is -1.78. The van der Waals surface area contributed by atoms with Crippen LogP contribution in [0, 0.1) is 10.1 Å². The first-order valence-corrected chi connectivity index (χ1v) is 8.91. The minimum atomic E-state index is -1.33. The molecule has 0 radical (unpaired) electrons. The number of non-ortho nitro benzene ring substituents is 1. The summed E-state index contributed by atoms with van der Waals surface area (Å²) in [6, 6.07) is 11.2. The Kier molecular flexibility index (Phi) is 5.70. The summed E-state index contributed by atoms with van der Waals surface area (Å²) < 4.78 is 5.78. The maximum atomic E-state index is 12.9. The quantitative estimate of drug-likeness (QED) is 0.627. The number of carbonyl (C=O) groups is 2. The van der Waals surface area contributed by atoms with Gasteiger partial charge in [0.05, 0.1) is 23.6 Å². The molecule has 1 amide bonds. The van der Waals surface area contributed by atoms with Crippen molar-refractivity contribution in [2.75, 3.05) is 19.7 Å². The van der Waals surface area contributed by atoms with E-state index in [2.05, 4.69) is 6.92 Å². The zero-order chi connectivity index (χ0) is 20.3. The lowest BCUT2D eigenvalue weighted by Crippen LogP contribution is -2.42. The van der Waals surface area contributed by atoms with Gasteiger partial charge >= 0.3 is 5.97 Å². The maximum Gasteiger partial charge on any atom is 0.335 e. The lowest BCUT2D eigenvalue weighted by atomic mass is 10.0. The number of ether oxygens (including phenoxy) is 1. The fourth-order valence-corrected chi connectivity index (χ4v) is 3.15. The van der Waals surface area contributed by atoms with Gasteiger partial charge in [0.15, 0.2) is 0 Å². The Balaban J connectivity index is 1.83. The summed E-state index contributed by atoms with van der Waals surface area (Å²) in [5, 5.41) is 20.3. The van der Waals surface area contributed by atoms with Gasteiger partial charge in [-0.25, -0.2) is 4.79 Å². The van der Waals surface area contributed by atoms with Gasteiger partial charge < -0.3 is 14.7 Å². The third kappa shape index (κ3) is 4.17. The van der Waals surface area contributed by atoms with Crippen LogP contribution in [0.3, 0.4) is 0 Å². The van der Waals surface area contributed by atoms with E-state index in [4.69, 9.17) is 4.74 Å². The highest BCUT2D eigenvalue weighted by Gasteiger charge is 2.28. The monoisotopic (exact) mass is 384 g/mol. The molecule has 3 rings (SSSR count). The topological polar surface area (TPSA) is 110 Å². The molecule has 146 valence electrons. The number of aromatic carboxylic acids is 1. The van der Waals surface area contributed by atoms with Crippen molar-refractivity contribution in [3.63, 3.8) is 0 Å². The first-order valence-electron chi connectivity index (χ1n) is 8.91. The van der Waals surface area contributed by atoms with Crippen LogP contribution in [0.5, 0.6) is 0 Å². The second kappa shape index (κ2) is 8.18. The Hall–Kier alpha value is -3.26. The average Bonchev–Trinajstić information content (AvgIpc) is 2.73. The van der Waals surface area contributed by atoms with Crippen molar-refractivity contribution in [1.82, 2.24) is 4.90 Å². The Morgan fingerprint density at radius 2 is 1.89 bits per heavy atom. The molecule has 0 spiro atoms. The first kappa shape index (κ1) is 19.5. The Labute approximate surface area is 161 Å². The number of amides is 1. The molecule has 1 heterocycles. The molecule has 1 unspecified atom stereocenters. The van der Waals surface area contributed by atoms with Crippen LogP contribution in [0.4, 0.5) is 5.69 Å². The van der Waals surface area contributed by atoms with Crippen molar-refractivity contribution in [1.29, 1.82) is 0 Å². The summed E-state index contributed by atoms with van der Waals surface area (Å²) in [7, 11) is 0. The molecule has 1 atom stereocenters. The number of morpholine rings is 1. The van der Waals surface area contributed by atoms with E-state index in [0.717, 1.165) is 30.2 Å². The second-order valence-electron chi connectivity index (χ2n) is 6.54. The SMILES string of the molecule is CCc1ccc(C2CN(C(=O)c3cc(C(=O)O)cc([N+](=O)[O-])c3)CCO2)cc1. The van der Waals surface area contributed by atoms with Gasteiger partial charge in [-0.2, -0.15) is 0 Å². The molecule has 8 nitrogen and oxygen atoms in total. The Morgan fingerprint density at radius 3 is 2.50 bits per heavy atom. The number of hydrogen-bond acceptors (Lipinski definition) is 5. The number of hydrogen-bond donors (Lipinski definition) is 1. The second-order valence-corrected chi connectivity index (χ2v) is 6.54. The smallest absolute Gasteiger partial charge is 0.335 e. The number of nitrogens with zero attached hydrogens (tertiary/aromatic N) is 2. The number of carbonyl (C=O) groups excluding carboxylic acids is 1. The number of carboxylic acids is 1. The van der Waals surface area contributed by atoms with E-state index in [-0.39, 0.29) is 23.8 Å². The summed E-state index contributed by atoms with van der Waals surface area (Å²) in [5.41, 5.74) is 1.40. The van der Waals surface area contributed by atoms with E-state index in [1.54, 1.807) is 0 Å². The average molecular weight is 384 g/mol. The number of aryl methyl sites for hydroxylation is 1. The lowest BCUT2D eigenvalue weighted by molar-refractivity contribution is -0.384. The molecular formula is C20H20N2O6. The summed E-state index contributed by atoms with van der Waals surface area (Å²) >= 11 is 0. The third-order valence-corrected chi connectivity index (χ3v) is 4.74. The van der Waals surface area contributed by atoms with Gasteiger partial charge in [0.1, 0.15) is 6.10 Å². The maximum absolute atomic E-state index is 12.9. The van der Waals surface area contributed by atoms with E-state index in [0.29, 0.717) is 13.2 Å². The molecule has 1 aliphatic rings. The summed E-state index contributed by atoms with van der Waals surface area (Å²) in [6.07, 6.45) is 0.621. The predicted octanol–water partition coefficient (Wildman–Crippen LogP) is 3.07. The minimum Gasteiger partial charge on any atom is -0.478 e. The van der Waals surface area contributed by atoms with Crippen LogP contribution in [-0.2, 0) is 11.2 Å². The van der Waals surface area contributed by atoms with Crippen molar-refractivity contribution in [3.05, 3.63) is 74.8 Å². The van der Waals surface area contributed by atoms with Crippen LogP contribution >= 0.6 is 0 Å². The van der Waals surface area contributed by atoms with E-state index in [1.807, 2.05) is 24.3 Å². The van der Waals surface area contributed by atoms with Crippen molar-refractivity contribution < 1.29 is 24.4 Å². The highest BCUT2D eigenvalue weighted by Crippen LogP contribution is 2.25. The van der Waals surface area contributed by atoms with Crippen LogP contribution in [0.1, 0.15) is 44.9 Å². The number of nitro benzene ring substituents is 1. The molecular weight excluding hydrogens is 364 g/mol. The molecule has 1 saturated heterocycles. The molecule has 28 heavy (non-hydrogen) atoms. The number of rotatable bonds is 5. The van der Waals surface area contributed by atoms with Crippen LogP contribution in [0.25, 0.3) is 0 Å². The number of carboxylic acid groups (broad SMARTS) is 1. The van der Waals surface area contributed by atoms with Gasteiger partial charge in [0.25, 0.3) is 11.6 Å². The molecule has 1 fully saturated rings. The van der Waals surface area contributed by atoms with Crippen molar-refractivity contribution in [3.8, 4) is 0 Å². The molecule has 0 aliphatic carbocycles. The van der Waals surface area contributed by atoms with Crippen LogP contribution in [0.2, 0.25) is 0 Å². The Morgan fingerprint density at radius 1 is 1.21 bits per heavy atom. The highest BCUT2D eigenvalue weighted by atomic mass is 16.6. The van der Waals surface area contributed by atoms with Crippen LogP contribution < -0.4 is 0 Å². The summed E-state index contributed by atoms with van der Waals surface area (Å²) in [6.45, 7) is 3.01. The molecule has 1 N–H and O–H groups in total. The van der Waals surface area contributed by atoms with Crippen LogP contribution in [-0.4, -0.2) is 46.5 Å². The van der Waals surface area contributed by atoms with Crippen molar-refractivity contribution in [2.24, 2.45) is 0 Å². The standard InChI is InChI=1S/C20H20N2O6/c1-2-13-3-5-14(6-4-13)18-12-21(7-8-28-18)19(23)15-9-16(20(24)25)11-17(10-15)22(26)27/h3-6,9-11,18H,2,7-8,12H2,1H3,(H,24,25). The van der Waals surface area contributed by atoms with Gasteiger partial charge in [0, 0.05) is 24.2 Å². The van der Waals surface area contributed by atoms with E-state index >= 15 is 0 Å². The van der Waals surface area contributed by atoms with E-state index in [9.17, 15) is 24.8 Å². The van der Waals surface area contributed by atoms with Gasteiger partial charge in [-0.15, -0.1) is 0 Å². The summed E-state index contributed by atoms with van der Waals surface area (Å²) in [4.78, 5) is 36.0. The Bertz CT molecular complexity index is 877. The molecule has 1 aliphatic heterocycles. The van der Waals surface area contributed by atoms with Crippen LogP contribution in [0.15, 0.2) is 42.5 Å².